The van der Waals surface area contributed by atoms with Gasteiger partial charge < -0.3 is 4.74 Å². The summed E-state index contributed by atoms with van der Waals surface area (Å²) in [5, 5.41) is 0.548. The zero-order chi connectivity index (χ0) is 15.4. The Morgan fingerprint density at radius 1 is 0.727 bits per heavy atom. The van der Waals surface area contributed by atoms with E-state index in [0.717, 1.165) is 0 Å². The Labute approximate surface area is 133 Å². The van der Waals surface area contributed by atoms with E-state index in [0.29, 0.717) is 27.6 Å². The van der Waals surface area contributed by atoms with E-state index < -0.39 is 0 Å². The summed E-state index contributed by atoms with van der Waals surface area (Å²) in [6.07, 6.45) is 0. The van der Waals surface area contributed by atoms with Crippen LogP contribution < -0.4 is 4.74 Å². The lowest BCUT2D eigenvalue weighted by molar-refractivity contribution is 0.103. The van der Waals surface area contributed by atoms with Crippen LogP contribution in [0.5, 0.6) is 11.5 Å². The number of carbonyl (C=O) groups is 1. The van der Waals surface area contributed by atoms with Crippen molar-refractivity contribution in [3.05, 3.63) is 95.0 Å². The van der Waals surface area contributed by atoms with Gasteiger partial charge in [-0.05, 0) is 36.4 Å². The first-order valence-electron chi connectivity index (χ1n) is 6.86. The maximum Gasteiger partial charge on any atom is 0.193 e. The molecule has 3 aromatic rings. The summed E-state index contributed by atoms with van der Waals surface area (Å²) >= 11 is 6.06. The number of rotatable bonds is 4. The maximum absolute atomic E-state index is 12.3. The standard InChI is InChI=1S/C19H13ClO2/c20-17-8-4-5-9-18(17)22-16-12-10-15(11-13-16)19(21)14-6-2-1-3-7-14/h1-13H. The molecule has 0 aliphatic heterocycles. The number of hydrogen-bond donors (Lipinski definition) is 0. The zero-order valence-electron chi connectivity index (χ0n) is 11.7. The summed E-state index contributed by atoms with van der Waals surface area (Å²) in [6, 6.07) is 23.5. The number of hydrogen-bond acceptors (Lipinski definition) is 2. The molecule has 3 aromatic carbocycles. The number of halogens is 1. The van der Waals surface area contributed by atoms with Crippen molar-refractivity contribution in [3.8, 4) is 11.5 Å². The van der Waals surface area contributed by atoms with Gasteiger partial charge in [-0.25, -0.2) is 0 Å². The van der Waals surface area contributed by atoms with Crippen molar-refractivity contribution in [2.24, 2.45) is 0 Å². The van der Waals surface area contributed by atoms with Gasteiger partial charge in [0.25, 0.3) is 0 Å². The largest absolute Gasteiger partial charge is 0.456 e. The monoisotopic (exact) mass is 308 g/mol. The lowest BCUT2D eigenvalue weighted by atomic mass is 10.0. The highest BCUT2D eigenvalue weighted by Gasteiger charge is 2.09. The van der Waals surface area contributed by atoms with Crippen molar-refractivity contribution in [1.82, 2.24) is 0 Å². The van der Waals surface area contributed by atoms with Crippen LogP contribution in [0.4, 0.5) is 0 Å². The van der Waals surface area contributed by atoms with Crippen molar-refractivity contribution < 1.29 is 9.53 Å². The van der Waals surface area contributed by atoms with Crippen LogP contribution in [-0.4, -0.2) is 5.78 Å². The van der Waals surface area contributed by atoms with E-state index in [2.05, 4.69) is 0 Å². The molecule has 2 nitrogen and oxygen atoms in total. The maximum atomic E-state index is 12.3. The SMILES string of the molecule is O=C(c1ccccc1)c1ccc(Oc2ccccc2Cl)cc1. The van der Waals surface area contributed by atoms with Crippen LogP contribution in [-0.2, 0) is 0 Å². The van der Waals surface area contributed by atoms with Crippen molar-refractivity contribution >= 4 is 17.4 Å². The molecule has 0 fully saturated rings. The molecular weight excluding hydrogens is 296 g/mol. The second-order valence-electron chi connectivity index (χ2n) is 4.75. The highest BCUT2D eigenvalue weighted by Crippen LogP contribution is 2.29. The van der Waals surface area contributed by atoms with Gasteiger partial charge >= 0.3 is 0 Å². The van der Waals surface area contributed by atoms with Gasteiger partial charge in [0.15, 0.2) is 5.78 Å². The molecule has 3 rings (SSSR count). The Bertz CT molecular complexity index is 780. The molecule has 0 saturated heterocycles. The number of carbonyl (C=O) groups excluding carboxylic acids is 1. The highest BCUT2D eigenvalue weighted by atomic mass is 35.5. The van der Waals surface area contributed by atoms with Gasteiger partial charge in [0, 0.05) is 11.1 Å². The summed E-state index contributed by atoms with van der Waals surface area (Å²) < 4.78 is 5.71. The Hall–Kier alpha value is -2.58. The van der Waals surface area contributed by atoms with Gasteiger partial charge in [-0.15, -0.1) is 0 Å². The van der Waals surface area contributed by atoms with Crippen molar-refractivity contribution in [3.63, 3.8) is 0 Å². The first kappa shape index (κ1) is 14.4. The predicted molar refractivity (Wildman–Crippen MR) is 87.8 cm³/mol. The Morgan fingerprint density at radius 3 is 2.00 bits per heavy atom. The van der Waals surface area contributed by atoms with Crippen LogP contribution in [0.25, 0.3) is 0 Å². The topological polar surface area (TPSA) is 26.3 Å². The molecule has 0 amide bonds. The molecule has 0 heterocycles. The molecule has 0 unspecified atom stereocenters. The Kier molecular flexibility index (Phi) is 4.22. The first-order chi connectivity index (χ1) is 10.7. The molecule has 0 N–H and O–H groups in total. The fourth-order valence-electron chi connectivity index (χ4n) is 2.09. The van der Waals surface area contributed by atoms with E-state index in [9.17, 15) is 4.79 Å². The summed E-state index contributed by atoms with van der Waals surface area (Å²) in [6.45, 7) is 0. The van der Waals surface area contributed by atoms with E-state index in [1.54, 1.807) is 48.5 Å². The molecule has 3 heteroatoms. The molecule has 0 spiro atoms. The second-order valence-corrected chi connectivity index (χ2v) is 5.16. The summed E-state index contributed by atoms with van der Waals surface area (Å²) in [5.41, 5.74) is 1.29. The van der Waals surface area contributed by atoms with E-state index in [-0.39, 0.29) is 5.78 Å². The van der Waals surface area contributed by atoms with E-state index in [1.165, 1.54) is 0 Å². The molecule has 22 heavy (non-hydrogen) atoms. The Balaban J connectivity index is 1.79. The van der Waals surface area contributed by atoms with Gasteiger partial charge in [0.1, 0.15) is 11.5 Å². The molecular formula is C19H13ClO2. The van der Waals surface area contributed by atoms with Gasteiger partial charge in [-0.3, -0.25) is 4.79 Å². The Morgan fingerprint density at radius 2 is 1.32 bits per heavy atom. The van der Waals surface area contributed by atoms with Crippen LogP contribution in [0.15, 0.2) is 78.9 Å². The normalized spacial score (nSPS) is 10.2. The molecule has 108 valence electrons. The molecule has 0 aliphatic carbocycles. The van der Waals surface area contributed by atoms with Crippen LogP contribution in [0.1, 0.15) is 15.9 Å². The zero-order valence-corrected chi connectivity index (χ0v) is 12.5. The predicted octanol–water partition coefficient (Wildman–Crippen LogP) is 5.36. The summed E-state index contributed by atoms with van der Waals surface area (Å²) in [5.74, 6) is 1.22. The number of para-hydroxylation sites is 1. The fraction of sp³-hybridized carbons (Fsp3) is 0. The van der Waals surface area contributed by atoms with Crippen LogP contribution in [0, 0.1) is 0 Å². The minimum atomic E-state index is -0.00936. The molecule has 0 radical (unpaired) electrons. The summed E-state index contributed by atoms with van der Waals surface area (Å²) in [4.78, 5) is 12.3. The minimum absolute atomic E-state index is 0.00936. The fourth-order valence-corrected chi connectivity index (χ4v) is 2.26. The van der Waals surface area contributed by atoms with Gasteiger partial charge in [-0.1, -0.05) is 54.1 Å². The molecule has 0 atom stereocenters. The smallest absolute Gasteiger partial charge is 0.193 e. The van der Waals surface area contributed by atoms with Crippen molar-refractivity contribution in [1.29, 1.82) is 0 Å². The third-order valence-corrected chi connectivity index (χ3v) is 3.53. The summed E-state index contributed by atoms with van der Waals surface area (Å²) in [7, 11) is 0. The average Bonchev–Trinajstić information content (AvgIpc) is 2.58. The lowest BCUT2D eigenvalue weighted by Crippen LogP contribution is -2.00. The lowest BCUT2D eigenvalue weighted by Gasteiger charge is -2.08. The van der Waals surface area contributed by atoms with E-state index in [1.807, 2.05) is 30.3 Å². The van der Waals surface area contributed by atoms with Crippen LogP contribution >= 0.6 is 11.6 Å². The number of ether oxygens (including phenoxy) is 1. The van der Waals surface area contributed by atoms with Gasteiger partial charge in [-0.2, -0.15) is 0 Å². The molecule has 0 aromatic heterocycles. The van der Waals surface area contributed by atoms with Gasteiger partial charge in [0.05, 0.1) is 5.02 Å². The first-order valence-corrected chi connectivity index (χ1v) is 7.24. The van der Waals surface area contributed by atoms with Crippen molar-refractivity contribution in [2.75, 3.05) is 0 Å². The third kappa shape index (κ3) is 3.18. The number of benzene rings is 3. The van der Waals surface area contributed by atoms with Crippen LogP contribution in [0.2, 0.25) is 5.02 Å². The quantitative estimate of drug-likeness (QED) is 0.606. The van der Waals surface area contributed by atoms with Gasteiger partial charge in [0.2, 0.25) is 0 Å². The third-order valence-electron chi connectivity index (χ3n) is 3.22. The van der Waals surface area contributed by atoms with E-state index >= 15 is 0 Å². The second kappa shape index (κ2) is 6.46. The minimum Gasteiger partial charge on any atom is -0.456 e. The van der Waals surface area contributed by atoms with E-state index in [4.69, 9.17) is 16.3 Å². The number of ketones is 1. The van der Waals surface area contributed by atoms with Crippen LogP contribution in [0.3, 0.4) is 0 Å². The van der Waals surface area contributed by atoms with Crippen molar-refractivity contribution in [2.45, 2.75) is 0 Å². The average molecular weight is 309 g/mol. The molecule has 0 aliphatic rings. The molecule has 0 bridgehead atoms. The molecule has 0 saturated carbocycles. The highest BCUT2D eigenvalue weighted by molar-refractivity contribution is 6.32.